The summed E-state index contributed by atoms with van der Waals surface area (Å²) < 4.78 is 16.0. The van der Waals surface area contributed by atoms with Crippen LogP contribution in [0.1, 0.15) is 29.1 Å². The summed E-state index contributed by atoms with van der Waals surface area (Å²) in [7, 11) is 0. The summed E-state index contributed by atoms with van der Waals surface area (Å²) in [5, 5.41) is 4.37. The third kappa shape index (κ3) is 3.06. The van der Waals surface area contributed by atoms with Crippen LogP contribution in [0.4, 0.5) is 4.39 Å². The first-order valence-corrected chi connectivity index (χ1v) is 9.82. The fourth-order valence-corrected chi connectivity index (χ4v) is 5.01. The molecule has 6 nitrogen and oxygen atoms in total. The van der Waals surface area contributed by atoms with Crippen molar-refractivity contribution in [2.24, 2.45) is 0 Å². The fraction of sp³-hybridized carbons (Fsp3) is 0.500. The first-order valence-electron chi connectivity index (χ1n) is 8.94. The molecule has 8 heteroatoms. The van der Waals surface area contributed by atoms with Crippen molar-refractivity contribution in [3.05, 3.63) is 41.5 Å². The molecule has 2 aliphatic heterocycles. The summed E-state index contributed by atoms with van der Waals surface area (Å²) in [5.74, 6) is 0.201. The molecule has 0 bridgehead atoms. The number of hydrogen-bond acceptors (Lipinski definition) is 6. The Hall–Kier alpha value is -1.77. The first kappa shape index (κ1) is 17.6. The maximum atomic E-state index is 14.6. The number of fused-ring (bicyclic) bond motifs is 1. The molecule has 0 spiro atoms. The zero-order valence-corrected chi connectivity index (χ0v) is 15.7. The summed E-state index contributed by atoms with van der Waals surface area (Å²) in [5.41, 5.74) is 0.575. The second kappa shape index (κ2) is 7.09. The van der Waals surface area contributed by atoms with Gasteiger partial charge in [0.25, 0.3) is 5.91 Å². The van der Waals surface area contributed by atoms with Crippen LogP contribution in [-0.4, -0.2) is 68.4 Å². The molecule has 4 rings (SSSR count). The molecule has 26 heavy (non-hydrogen) atoms. The molecule has 2 aliphatic rings. The molecule has 0 radical (unpaired) electrons. The summed E-state index contributed by atoms with van der Waals surface area (Å²) in [6.45, 7) is 8.40. The van der Waals surface area contributed by atoms with Gasteiger partial charge in [-0.2, -0.15) is 4.68 Å². The fourth-order valence-electron chi connectivity index (χ4n) is 3.72. The number of benzene rings is 1. The number of rotatable bonds is 4. The highest BCUT2D eigenvalue weighted by molar-refractivity contribution is 8.00. The van der Waals surface area contributed by atoms with E-state index in [2.05, 4.69) is 26.8 Å². The van der Waals surface area contributed by atoms with Crippen molar-refractivity contribution in [3.63, 3.8) is 0 Å². The van der Waals surface area contributed by atoms with Gasteiger partial charge in [-0.05, 0) is 19.5 Å². The average molecular weight is 375 g/mol. The van der Waals surface area contributed by atoms with Crippen molar-refractivity contribution in [3.8, 4) is 0 Å². The van der Waals surface area contributed by atoms with E-state index in [4.69, 9.17) is 0 Å². The Morgan fingerprint density at radius 1 is 1.27 bits per heavy atom. The van der Waals surface area contributed by atoms with Crippen molar-refractivity contribution in [1.82, 2.24) is 24.6 Å². The van der Waals surface area contributed by atoms with Gasteiger partial charge in [0.05, 0.1) is 6.04 Å². The number of carbonyl (C=O) groups excluding carboxylic acids is 1. The highest BCUT2D eigenvalue weighted by atomic mass is 32.2. The van der Waals surface area contributed by atoms with Crippen LogP contribution in [0, 0.1) is 12.7 Å². The zero-order valence-electron chi connectivity index (χ0n) is 14.9. The molecule has 3 heterocycles. The Morgan fingerprint density at radius 2 is 2.00 bits per heavy atom. The smallest absolute Gasteiger partial charge is 0.264 e. The topological polar surface area (TPSA) is 54.3 Å². The van der Waals surface area contributed by atoms with Gasteiger partial charge in [0.1, 0.15) is 16.9 Å². The highest BCUT2D eigenvalue weighted by Crippen LogP contribution is 2.41. The lowest BCUT2D eigenvalue weighted by Crippen LogP contribution is -2.50. The Balaban J connectivity index is 1.67. The lowest BCUT2D eigenvalue weighted by atomic mass is 9.99. The van der Waals surface area contributed by atoms with Crippen LogP contribution >= 0.6 is 11.8 Å². The van der Waals surface area contributed by atoms with Crippen LogP contribution in [-0.2, 0) is 0 Å². The van der Waals surface area contributed by atoms with Crippen LogP contribution in [0.5, 0.6) is 0 Å². The molecular formula is C18H22FN5OS. The Morgan fingerprint density at radius 3 is 2.65 bits per heavy atom. The summed E-state index contributed by atoms with van der Waals surface area (Å²) >= 11 is 1.39. The third-order valence-corrected chi connectivity index (χ3v) is 6.31. The largest absolute Gasteiger partial charge is 0.301 e. The van der Waals surface area contributed by atoms with Crippen LogP contribution in [0.2, 0.25) is 0 Å². The van der Waals surface area contributed by atoms with Crippen molar-refractivity contribution >= 4 is 17.7 Å². The van der Waals surface area contributed by atoms with Crippen molar-refractivity contribution in [2.75, 3.05) is 32.7 Å². The molecule has 0 amide bonds. The number of piperazine rings is 1. The Kier molecular flexibility index (Phi) is 4.81. The number of aromatic nitrogens is 3. The molecule has 0 N–H and O–H groups in total. The molecule has 2 atom stereocenters. The highest BCUT2D eigenvalue weighted by Gasteiger charge is 2.44. The van der Waals surface area contributed by atoms with Gasteiger partial charge in [-0.1, -0.05) is 36.9 Å². The first-order chi connectivity index (χ1) is 12.6. The maximum absolute atomic E-state index is 14.6. The number of likely N-dealkylation sites (N-methyl/N-ethyl adjacent to an activating group) is 1. The molecule has 2 unspecified atom stereocenters. The molecular weight excluding hydrogens is 353 g/mol. The number of halogens is 1. The van der Waals surface area contributed by atoms with E-state index >= 15 is 0 Å². The third-order valence-electron chi connectivity index (χ3n) is 5.13. The average Bonchev–Trinajstić information content (AvgIpc) is 3.15. The molecule has 1 aromatic heterocycles. The second-order valence-corrected chi connectivity index (χ2v) is 7.78. The number of thioether (sulfide) groups is 1. The van der Waals surface area contributed by atoms with Crippen molar-refractivity contribution < 1.29 is 9.18 Å². The van der Waals surface area contributed by atoms with Crippen molar-refractivity contribution in [1.29, 1.82) is 0 Å². The van der Waals surface area contributed by atoms with E-state index in [9.17, 15) is 9.18 Å². The SMILES string of the molecule is CCN1CCN(C(c2ccccc2F)C2Sc3nc(C)nn3C2=O)CC1. The van der Waals surface area contributed by atoms with Gasteiger partial charge in [0, 0.05) is 31.7 Å². The van der Waals surface area contributed by atoms with Gasteiger partial charge in [0.2, 0.25) is 0 Å². The Labute approximate surface area is 156 Å². The zero-order chi connectivity index (χ0) is 18.3. The van der Waals surface area contributed by atoms with Crippen LogP contribution in [0.3, 0.4) is 0 Å². The molecule has 2 aromatic rings. The number of carbonyl (C=O) groups is 1. The van der Waals surface area contributed by atoms with Gasteiger partial charge < -0.3 is 4.90 Å². The minimum absolute atomic E-state index is 0.114. The normalized spacial score (nSPS) is 22.6. The van der Waals surface area contributed by atoms with Crippen LogP contribution < -0.4 is 0 Å². The number of nitrogens with zero attached hydrogens (tertiary/aromatic N) is 5. The lowest BCUT2D eigenvalue weighted by molar-refractivity contribution is 0.0733. The van der Waals surface area contributed by atoms with E-state index in [1.165, 1.54) is 22.5 Å². The molecule has 0 aliphatic carbocycles. The van der Waals surface area contributed by atoms with Gasteiger partial charge in [-0.3, -0.25) is 9.69 Å². The van der Waals surface area contributed by atoms with Crippen LogP contribution in [0.25, 0.3) is 0 Å². The predicted molar refractivity (Wildman–Crippen MR) is 97.9 cm³/mol. The monoisotopic (exact) mass is 375 g/mol. The van der Waals surface area contributed by atoms with E-state index in [1.807, 2.05) is 6.07 Å². The van der Waals surface area contributed by atoms with Gasteiger partial charge in [-0.25, -0.2) is 9.37 Å². The predicted octanol–water partition coefficient (Wildman–Crippen LogP) is 2.22. The summed E-state index contributed by atoms with van der Waals surface area (Å²) in [4.78, 5) is 21.9. The lowest BCUT2D eigenvalue weighted by Gasteiger charge is -2.40. The maximum Gasteiger partial charge on any atom is 0.264 e. The molecule has 138 valence electrons. The van der Waals surface area contributed by atoms with Crippen LogP contribution in [0.15, 0.2) is 29.4 Å². The molecule has 1 fully saturated rings. The minimum Gasteiger partial charge on any atom is -0.301 e. The summed E-state index contributed by atoms with van der Waals surface area (Å²) in [6, 6.07) is 6.45. The number of aryl methyl sites for hydroxylation is 1. The minimum atomic E-state index is -0.435. The van der Waals surface area contributed by atoms with E-state index in [-0.39, 0.29) is 17.8 Å². The van der Waals surface area contributed by atoms with E-state index in [0.29, 0.717) is 16.5 Å². The number of hydrogen-bond donors (Lipinski definition) is 0. The summed E-state index contributed by atoms with van der Waals surface area (Å²) in [6.07, 6.45) is 0. The second-order valence-electron chi connectivity index (χ2n) is 6.67. The van der Waals surface area contributed by atoms with E-state index in [1.54, 1.807) is 19.1 Å². The molecule has 0 saturated carbocycles. The van der Waals surface area contributed by atoms with E-state index < -0.39 is 5.25 Å². The van der Waals surface area contributed by atoms with Gasteiger partial charge in [0.15, 0.2) is 5.16 Å². The van der Waals surface area contributed by atoms with Crippen molar-refractivity contribution in [2.45, 2.75) is 30.3 Å². The Bertz CT molecular complexity index is 818. The van der Waals surface area contributed by atoms with E-state index in [0.717, 1.165) is 32.7 Å². The standard InChI is InChI=1S/C18H22FN5OS/c1-3-22-8-10-23(11-9-22)15(13-6-4-5-7-14(13)19)16-17(25)24-18(26-16)20-12(2)21-24/h4-7,15-16H,3,8-11H2,1-2H3. The van der Waals surface area contributed by atoms with Gasteiger partial charge >= 0.3 is 0 Å². The molecule has 1 saturated heterocycles. The quantitative estimate of drug-likeness (QED) is 0.817. The van der Waals surface area contributed by atoms with Gasteiger partial charge in [-0.15, -0.1) is 5.10 Å². The molecule has 1 aromatic carbocycles.